The lowest BCUT2D eigenvalue weighted by Crippen LogP contribution is -2.64. The van der Waals surface area contributed by atoms with E-state index in [-0.39, 0.29) is 47.7 Å². The molecule has 0 radical (unpaired) electrons. The number of hydrogen-bond donors (Lipinski definition) is 0. The molecule has 1 saturated heterocycles. The minimum atomic E-state index is -6.36. The number of fused-ring (bicyclic) bond motifs is 3. The number of benzene rings is 2. The van der Waals surface area contributed by atoms with E-state index in [9.17, 15) is 39.6 Å². The molecule has 2 aliphatic heterocycles. The second-order valence-corrected chi connectivity index (χ2v) is 13.7. The fourth-order valence-electron chi connectivity index (χ4n) is 6.89. The van der Waals surface area contributed by atoms with E-state index in [2.05, 4.69) is 0 Å². The highest BCUT2D eigenvalue weighted by atomic mass is 32.2. The number of amides is 1. The molecule has 2 aromatic rings. The summed E-state index contributed by atoms with van der Waals surface area (Å²) in [6, 6.07) is 5.69. The first-order chi connectivity index (χ1) is 20.6. The van der Waals surface area contributed by atoms with E-state index in [1.807, 2.05) is 0 Å². The highest BCUT2D eigenvalue weighted by Gasteiger charge is 2.74. The second-order valence-electron chi connectivity index (χ2n) is 11.5. The number of sulfone groups is 1. The van der Waals surface area contributed by atoms with Crippen LogP contribution in [-0.4, -0.2) is 57.4 Å². The fraction of sp³-hybridized carbons (Fsp3) is 0.567. The molecule has 0 bridgehead atoms. The lowest BCUT2D eigenvalue weighted by molar-refractivity contribution is -0.348. The zero-order valence-corrected chi connectivity index (χ0v) is 24.6. The van der Waals surface area contributed by atoms with Gasteiger partial charge in [-0.15, -0.1) is 0 Å². The van der Waals surface area contributed by atoms with Crippen molar-refractivity contribution in [3.05, 3.63) is 53.6 Å². The number of ether oxygens (including phenoxy) is 2. The maximum Gasteiger partial charge on any atom is 0.435 e. The van der Waals surface area contributed by atoms with Crippen LogP contribution in [0.5, 0.6) is 11.5 Å². The molecular weight excluding hydrogens is 619 g/mol. The zero-order chi connectivity index (χ0) is 32.1. The predicted molar refractivity (Wildman–Crippen MR) is 145 cm³/mol. The molecule has 2 heterocycles. The molecule has 242 valence electrons. The molecule has 0 spiro atoms. The average molecular weight is 652 g/mol. The SMILES string of the molecule is CCOc1ccc(S(=O)(=O)C23CCCN(C(=O)C4CCCCC4)C2COc2cc(C(F)(C(F)(F)F)C(F)(F)F)ccc23)cc1. The van der Waals surface area contributed by atoms with E-state index in [4.69, 9.17) is 9.47 Å². The molecule has 2 aromatic carbocycles. The van der Waals surface area contributed by atoms with Gasteiger partial charge in [0.1, 0.15) is 22.9 Å². The van der Waals surface area contributed by atoms with E-state index < -0.39 is 56.6 Å². The third-order valence-electron chi connectivity index (χ3n) is 9.04. The van der Waals surface area contributed by atoms with Gasteiger partial charge in [0, 0.05) is 23.6 Å². The number of alkyl halides is 7. The summed E-state index contributed by atoms with van der Waals surface area (Å²) in [5.74, 6) is -0.840. The molecule has 5 rings (SSSR count). The molecule has 44 heavy (non-hydrogen) atoms. The van der Waals surface area contributed by atoms with Crippen molar-refractivity contribution in [2.24, 2.45) is 5.92 Å². The molecule has 1 aliphatic carbocycles. The van der Waals surface area contributed by atoms with E-state index in [0.717, 1.165) is 25.3 Å². The standard InChI is InChI=1S/C30H32F7NO5S/c1-2-42-21-10-12-22(13-11-21)44(40,41)27-15-6-16-38(26(39)19-7-4-3-5-8-19)25(27)18-43-24-17-20(9-14-23(24)27)28(31,29(32,33)34)30(35,36)37/h9-14,17,19,25H,2-8,15-16,18H2,1H3. The third kappa shape index (κ3) is 5.00. The summed E-state index contributed by atoms with van der Waals surface area (Å²) in [4.78, 5) is 15.1. The van der Waals surface area contributed by atoms with Crippen molar-refractivity contribution in [2.75, 3.05) is 19.8 Å². The van der Waals surface area contributed by atoms with Gasteiger partial charge in [-0.3, -0.25) is 4.79 Å². The highest BCUT2D eigenvalue weighted by Crippen LogP contribution is 2.57. The monoisotopic (exact) mass is 651 g/mol. The molecule has 2 atom stereocenters. The van der Waals surface area contributed by atoms with Crippen LogP contribution in [0.1, 0.15) is 63.0 Å². The second kappa shape index (κ2) is 11.4. The van der Waals surface area contributed by atoms with E-state index in [0.29, 0.717) is 31.3 Å². The van der Waals surface area contributed by atoms with Crippen LogP contribution in [0.3, 0.4) is 0 Å². The summed E-state index contributed by atoms with van der Waals surface area (Å²) in [5, 5.41) is 0. The first kappa shape index (κ1) is 32.4. The van der Waals surface area contributed by atoms with E-state index >= 15 is 4.39 Å². The van der Waals surface area contributed by atoms with Crippen molar-refractivity contribution in [3.8, 4) is 11.5 Å². The van der Waals surface area contributed by atoms with Gasteiger partial charge in [-0.25, -0.2) is 12.8 Å². The fourth-order valence-corrected chi connectivity index (χ4v) is 9.23. The van der Waals surface area contributed by atoms with Crippen LogP contribution in [0, 0.1) is 5.92 Å². The normalized spacial score (nSPS) is 23.4. The number of likely N-dealkylation sites (tertiary alicyclic amines) is 1. The molecule has 1 saturated carbocycles. The lowest BCUT2D eigenvalue weighted by Gasteiger charge is -2.52. The molecule has 14 heteroatoms. The van der Waals surface area contributed by atoms with Crippen LogP contribution in [-0.2, 0) is 25.0 Å². The Hall–Kier alpha value is -3.03. The van der Waals surface area contributed by atoms with Crippen LogP contribution < -0.4 is 9.47 Å². The zero-order valence-electron chi connectivity index (χ0n) is 23.8. The Bertz CT molecular complexity index is 1470. The van der Waals surface area contributed by atoms with Crippen LogP contribution in [0.25, 0.3) is 0 Å². The van der Waals surface area contributed by atoms with Crippen molar-refractivity contribution in [3.63, 3.8) is 0 Å². The van der Waals surface area contributed by atoms with Gasteiger partial charge in [-0.05, 0) is 62.9 Å². The molecule has 1 amide bonds. The first-order valence-electron chi connectivity index (χ1n) is 14.5. The molecular formula is C30H32F7NO5S. The van der Waals surface area contributed by atoms with Crippen LogP contribution >= 0.6 is 0 Å². The highest BCUT2D eigenvalue weighted by molar-refractivity contribution is 7.92. The Morgan fingerprint density at radius 2 is 1.59 bits per heavy atom. The minimum absolute atomic E-state index is 0.101. The van der Waals surface area contributed by atoms with Crippen molar-refractivity contribution >= 4 is 15.7 Å². The van der Waals surface area contributed by atoms with Gasteiger partial charge in [-0.2, -0.15) is 26.3 Å². The Morgan fingerprint density at radius 1 is 0.955 bits per heavy atom. The smallest absolute Gasteiger partial charge is 0.435 e. The summed E-state index contributed by atoms with van der Waals surface area (Å²) >= 11 is 0. The molecule has 2 unspecified atom stereocenters. The first-order valence-corrected chi connectivity index (χ1v) is 16.0. The number of carbonyl (C=O) groups excluding carboxylic acids is 1. The van der Waals surface area contributed by atoms with Gasteiger partial charge in [0.2, 0.25) is 5.91 Å². The van der Waals surface area contributed by atoms with Crippen molar-refractivity contribution in [1.29, 1.82) is 0 Å². The Morgan fingerprint density at radius 3 is 2.18 bits per heavy atom. The maximum absolute atomic E-state index is 15.0. The Labute approximate surface area is 250 Å². The quantitative estimate of drug-likeness (QED) is 0.315. The predicted octanol–water partition coefficient (Wildman–Crippen LogP) is 7.01. The van der Waals surface area contributed by atoms with Crippen molar-refractivity contribution in [2.45, 2.75) is 85.6 Å². The van der Waals surface area contributed by atoms with E-state index in [1.165, 1.54) is 29.2 Å². The Balaban J connectivity index is 1.69. The van der Waals surface area contributed by atoms with Gasteiger partial charge in [0.25, 0.3) is 0 Å². The summed E-state index contributed by atoms with van der Waals surface area (Å²) in [5.41, 5.74) is -7.74. The maximum atomic E-state index is 15.0. The topological polar surface area (TPSA) is 72.9 Å². The summed E-state index contributed by atoms with van der Waals surface area (Å²) in [6.07, 6.45) is -8.78. The van der Waals surface area contributed by atoms with Gasteiger partial charge in [0.15, 0.2) is 9.84 Å². The molecule has 0 aromatic heterocycles. The minimum Gasteiger partial charge on any atom is -0.494 e. The number of hydrogen-bond acceptors (Lipinski definition) is 5. The number of piperidine rings is 1. The molecule has 6 nitrogen and oxygen atoms in total. The number of carbonyl (C=O) groups is 1. The van der Waals surface area contributed by atoms with Crippen molar-refractivity contribution in [1.82, 2.24) is 4.90 Å². The molecule has 2 fully saturated rings. The molecule has 3 aliphatic rings. The van der Waals surface area contributed by atoms with Crippen LogP contribution in [0.4, 0.5) is 30.7 Å². The summed E-state index contributed by atoms with van der Waals surface area (Å²) < 4.78 is 135. The molecule has 0 N–H and O–H groups in total. The van der Waals surface area contributed by atoms with Crippen LogP contribution in [0.15, 0.2) is 47.4 Å². The van der Waals surface area contributed by atoms with Gasteiger partial charge >= 0.3 is 18.0 Å². The summed E-state index contributed by atoms with van der Waals surface area (Å²) in [6.45, 7) is 1.73. The largest absolute Gasteiger partial charge is 0.494 e. The number of nitrogens with zero attached hydrogens (tertiary/aromatic N) is 1. The average Bonchev–Trinajstić information content (AvgIpc) is 2.99. The Kier molecular flexibility index (Phi) is 8.39. The lowest BCUT2D eigenvalue weighted by atomic mass is 9.78. The van der Waals surface area contributed by atoms with Gasteiger partial charge < -0.3 is 14.4 Å². The van der Waals surface area contributed by atoms with Gasteiger partial charge in [-0.1, -0.05) is 31.4 Å². The summed E-state index contributed by atoms with van der Waals surface area (Å²) in [7, 11) is -4.50. The number of rotatable bonds is 6. The number of halogens is 7. The third-order valence-corrected chi connectivity index (χ3v) is 11.6. The van der Waals surface area contributed by atoms with Crippen LogP contribution in [0.2, 0.25) is 0 Å². The van der Waals surface area contributed by atoms with Crippen molar-refractivity contribution < 1.29 is 53.4 Å². The van der Waals surface area contributed by atoms with E-state index in [1.54, 1.807) is 6.92 Å². The van der Waals surface area contributed by atoms with Gasteiger partial charge in [0.05, 0.1) is 17.5 Å².